The van der Waals surface area contributed by atoms with Crippen molar-refractivity contribution in [3.63, 3.8) is 0 Å². The van der Waals surface area contributed by atoms with Gasteiger partial charge >= 0.3 is 0 Å². The van der Waals surface area contributed by atoms with Crippen LogP contribution in [0.1, 0.15) is 12.0 Å². The molecule has 2 aromatic carbocycles. The Hall–Kier alpha value is -1.80. The summed E-state index contributed by atoms with van der Waals surface area (Å²) in [5.41, 5.74) is 9.58. The van der Waals surface area contributed by atoms with Crippen LogP contribution in [-0.4, -0.2) is 50.1 Å². The monoisotopic (exact) mass is 479 g/mol. The number of anilines is 2. The minimum Gasteiger partial charge on any atom is -0.370 e. The zero-order valence-electron chi connectivity index (χ0n) is 16.0. The van der Waals surface area contributed by atoms with Gasteiger partial charge in [-0.25, -0.2) is 0 Å². The first-order chi connectivity index (χ1) is 12.7. The van der Waals surface area contributed by atoms with E-state index in [4.69, 9.17) is 5.73 Å². The van der Waals surface area contributed by atoms with Crippen molar-refractivity contribution in [1.29, 1.82) is 0 Å². The molecular weight excluding hydrogens is 449 g/mol. The number of para-hydroxylation sites is 1. The molecule has 27 heavy (non-hydrogen) atoms. The van der Waals surface area contributed by atoms with Crippen LogP contribution in [0.5, 0.6) is 0 Å². The quantitative estimate of drug-likeness (QED) is 0.288. The Kier molecular flexibility index (Phi) is 8.87. The lowest BCUT2D eigenvalue weighted by atomic mass is 10.2. The topological polar surface area (TPSA) is 56.9 Å². The van der Waals surface area contributed by atoms with Crippen molar-refractivity contribution in [2.45, 2.75) is 13.3 Å². The van der Waals surface area contributed by atoms with Gasteiger partial charge < -0.3 is 16.0 Å². The van der Waals surface area contributed by atoms with E-state index in [2.05, 4.69) is 51.3 Å². The van der Waals surface area contributed by atoms with E-state index in [9.17, 15) is 0 Å². The molecule has 0 saturated carbocycles. The summed E-state index contributed by atoms with van der Waals surface area (Å²) in [6.45, 7) is 8.37. The highest BCUT2D eigenvalue weighted by atomic mass is 127. The molecule has 1 heterocycles. The van der Waals surface area contributed by atoms with E-state index in [1.807, 2.05) is 30.3 Å². The van der Waals surface area contributed by atoms with E-state index < -0.39 is 0 Å². The second-order valence-corrected chi connectivity index (χ2v) is 6.78. The van der Waals surface area contributed by atoms with Gasteiger partial charge in [0.1, 0.15) is 0 Å². The molecule has 0 radical (unpaired) electrons. The van der Waals surface area contributed by atoms with Crippen molar-refractivity contribution in [2.24, 2.45) is 10.7 Å². The maximum absolute atomic E-state index is 5.94. The highest BCUT2D eigenvalue weighted by Crippen LogP contribution is 2.17. The summed E-state index contributed by atoms with van der Waals surface area (Å²) >= 11 is 0. The number of hydrogen-bond donors (Lipinski definition) is 2. The van der Waals surface area contributed by atoms with Gasteiger partial charge in [0.05, 0.1) is 0 Å². The summed E-state index contributed by atoms with van der Waals surface area (Å²) < 4.78 is 0. The molecule has 0 atom stereocenters. The van der Waals surface area contributed by atoms with Crippen molar-refractivity contribution in [3.05, 3.63) is 60.2 Å². The van der Waals surface area contributed by atoms with Crippen molar-refractivity contribution < 1.29 is 0 Å². The van der Waals surface area contributed by atoms with Crippen LogP contribution in [0.15, 0.2) is 59.6 Å². The Balaban J connectivity index is 0.00000261. The number of benzene rings is 2. The molecular formula is C21H30IN5. The SMILES string of the molecule is Cc1cccc(N2CCN(CCCN=C(N)Nc3ccccc3)CC2)c1.I. The van der Waals surface area contributed by atoms with E-state index >= 15 is 0 Å². The van der Waals surface area contributed by atoms with Crippen LogP contribution in [0.3, 0.4) is 0 Å². The Morgan fingerprint density at radius 2 is 1.78 bits per heavy atom. The van der Waals surface area contributed by atoms with Gasteiger partial charge in [-0.2, -0.15) is 0 Å². The van der Waals surface area contributed by atoms with Gasteiger partial charge in [0.15, 0.2) is 5.96 Å². The highest BCUT2D eigenvalue weighted by Gasteiger charge is 2.16. The molecule has 2 aromatic rings. The van der Waals surface area contributed by atoms with Crippen molar-refractivity contribution in [3.8, 4) is 0 Å². The first-order valence-corrected chi connectivity index (χ1v) is 9.37. The third-order valence-electron chi connectivity index (χ3n) is 4.70. The third kappa shape index (κ3) is 7.03. The van der Waals surface area contributed by atoms with Crippen LogP contribution < -0.4 is 16.0 Å². The summed E-state index contributed by atoms with van der Waals surface area (Å²) in [4.78, 5) is 9.41. The number of nitrogens with zero attached hydrogens (tertiary/aromatic N) is 3. The fourth-order valence-corrected chi connectivity index (χ4v) is 3.26. The zero-order valence-corrected chi connectivity index (χ0v) is 18.3. The Morgan fingerprint density at radius 3 is 2.48 bits per heavy atom. The van der Waals surface area contributed by atoms with Crippen LogP contribution in [0, 0.1) is 6.92 Å². The number of halogens is 1. The second-order valence-electron chi connectivity index (χ2n) is 6.78. The Labute approximate surface area is 179 Å². The lowest BCUT2D eigenvalue weighted by molar-refractivity contribution is 0.256. The number of aryl methyl sites for hydroxylation is 1. The number of nitrogens with two attached hydrogens (primary N) is 1. The fraction of sp³-hybridized carbons (Fsp3) is 0.381. The molecule has 0 spiro atoms. The summed E-state index contributed by atoms with van der Waals surface area (Å²) in [5, 5.41) is 3.12. The fourth-order valence-electron chi connectivity index (χ4n) is 3.26. The van der Waals surface area contributed by atoms with E-state index in [1.165, 1.54) is 11.3 Å². The molecule has 1 aliphatic heterocycles. The molecule has 0 aromatic heterocycles. The Bertz CT molecular complexity index is 712. The standard InChI is InChI=1S/C21H29N5.HI/c1-18-7-5-10-20(17-18)26-15-13-25(14-16-26)12-6-11-23-21(22)24-19-8-3-2-4-9-19;/h2-5,7-10,17H,6,11-16H2,1H3,(H3,22,23,24);1H. The van der Waals surface area contributed by atoms with Crippen LogP contribution >= 0.6 is 24.0 Å². The van der Waals surface area contributed by atoms with Crippen LogP contribution in [0.2, 0.25) is 0 Å². The molecule has 146 valence electrons. The molecule has 1 fully saturated rings. The van der Waals surface area contributed by atoms with Gasteiger partial charge in [0.2, 0.25) is 0 Å². The number of nitrogens with one attached hydrogen (secondary N) is 1. The third-order valence-corrected chi connectivity index (χ3v) is 4.70. The average molecular weight is 479 g/mol. The number of piperazine rings is 1. The van der Waals surface area contributed by atoms with E-state index in [1.54, 1.807) is 0 Å². The van der Waals surface area contributed by atoms with Crippen LogP contribution in [0.25, 0.3) is 0 Å². The first kappa shape index (κ1) is 21.5. The predicted molar refractivity (Wildman–Crippen MR) is 126 cm³/mol. The molecule has 0 unspecified atom stereocenters. The lowest BCUT2D eigenvalue weighted by Crippen LogP contribution is -2.46. The van der Waals surface area contributed by atoms with E-state index in [0.29, 0.717) is 5.96 Å². The molecule has 0 amide bonds. The molecule has 0 bridgehead atoms. The van der Waals surface area contributed by atoms with Crippen molar-refractivity contribution >= 4 is 41.3 Å². The normalized spacial score (nSPS) is 15.3. The molecule has 3 rings (SSSR count). The van der Waals surface area contributed by atoms with Gasteiger partial charge in [0, 0.05) is 50.6 Å². The molecule has 1 saturated heterocycles. The summed E-state index contributed by atoms with van der Waals surface area (Å²) in [5.74, 6) is 0.487. The van der Waals surface area contributed by atoms with Gasteiger partial charge in [-0.15, -0.1) is 24.0 Å². The van der Waals surface area contributed by atoms with Crippen LogP contribution in [0.4, 0.5) is 11.4 Å². The lowest BCUT2D eigenvalue weighted by Gasteiger charge is -2.36. The van der Waals surface area contributed by atoms with Crippen molar-refractivity contribution in [1.82, 2.24) is 4.90 Å². The maximum atomic E-state index is 5.94. The predicted octanol–water partition coefficient (Wildman–Crippen LogP) is 3.55. The van der Waals surface area contributed by atoms with Gasteiger partial charge in [-0.05, 0) is 43.2 Å². The average Bonchev–Trinajstić information content (AvgIpc) is 2.66. The van der Waals surface area contributed by atoms with Crippen molar-refractivity contribution in [2.75, 3.05) is 49.5 Å². The van der Waals surface area contributed by atoms with E-state index in [0.717, 1.165) is 51.4 Å². The minimum atomic E-state index is 0. The summed E-state index contributed by atoms with van der Waals surface area (Å²) in [6, 6.07) is 18.7. The zero-order chi connectivity index (χ0) is 18.2. The largest absolute Gasteiger partial charge is 0.370 e. The molecule has 1 aliphatic rings. The van der Waals surface area contributed by atoms with E-state index in [-0.39, 0.29) is 24.0 Å². The summed E-state index contributed by atoms with van der Waals surface area (Å²) in [6.07, 6.45) is 1.03. The Morgan fingerprint density at radius 1 is 1.04 bits per heavy atom. The molecule has 5 nitrogen and oxygen atoms in total. The first-order valence-electron chi connectivity index (χ1n) is 9.37. The number of guanidine groups is 1. The van der Waals surface area contributed by atoms with Gasteiger partial charge in [-0.1, -0.05) is 30.3 Å². The summed E-state index contributed by atoms with van der Waals surface area (Å²) in [7, 11) is 0. The van der Waals surface area contributed by atoms with Gasteiger partial charge in [-0.3, -0.25) is 9.89 Å². The number of aliphatic imine (C=N–C) groups is 1. The second kappa shape index (κ2) is 11.1. The van der Waals surface area contributed by atoms with Crippen LogP contribution in [-0.2, 0) is 0 Å². The minimum absolute atomic E-state index is 0. The smallest absolute Gasteiger partial charge is 0.193 e. The molecule has 0 aliphatic carbocycles. The number of hydrogen-bond acceptors (Lipinski definition) is 3. The molecule has 6 heteroatoms. The highest BCUT2D eigenvalue weighted by molar-refractivity contribution is 14.0. The van der Waals surface area contributed by atoms with Gasteiger partial charge in [0.25, 0.3) is 0 Å². The maximum Gasteiger partial charge on any atom is 0.193 e. The molecule has 3 N–H and O–H groups in total. The number of rotatable bonds is 6.